The van der Waals surface area contributed by atoms with E-state index in [9.17, 15) is 8.78 Å². The molecule has 2 aliphatic rings. The van der Waals surface area contributed by atoms with Crippen molar-refractivity contribution in [3.8, 4) is 11.3 Å². The Balaban J connectivity index is 1.18. The molecule has 0 atom stereocenters. The van der Waals surface area contributed by atoms with Gasteiger partial charge in [-0.15, -0.1) is 5.10 Å². The molecule has 8 nitrogen and oxygen atoms in total. The van der Waals surface area contributed by atoms with Gasteiger partial charge in [0.05, 0.1) is 24.0 Å². The zero-order valence-electron chi connectivity index (χ0n) is 20.0. The lowest BCUT2D eigenvalue weighted by Gasteiger charge is -2.45. The summed E-state index contributed by atoms with van der Waals surface area (Å²) in [5.74, 6) is 2.00. The van der Waals surface area contributed by atoms with E-state index in [-0.39, 0.29) is 0 Å². The molecular formula is C25H30F2N8. The van der Waals surface area contributed by atoms with E-state index in [0.717, 1.165) is 29.8 Å². The van der Waals surface area contributed by atoms with E-state index in [2.05, 4.69) is 37.2 Å². The SMILES string of the molecule is Cc1nc2ccc(-c3ccn4nc(N[C@H]5C[C@@H](N6CCC(C)CC6)C5)ncc34)nc2n1CC(F)F. The van der Waals surface area contributed by atoms with E-state index in [4.69, 9.17) is 0 Å². The smallest absolute Gasteiger partial charge is 0.256 e. The van der Waals surface area contributed by atoms with Crippen molar-refractivity contribution in [3.63, 3.8) is 0 Å². The molecule has 0 spiro atoms. The van der Waals surface area contributed by atoms with Gasteiger partial charge in [-0.2, -0.15) is 0 Å². The number of nitrogens with zero attached hydrogens (tertiary/aromatic N) is 7. The monoisotopic (exact) mass is 480 g/mol. The van der Waals surface area contributed by atoms with Gasteiger partial charge in [0.15, 0.2) is 5.65 Å². The van der Waals surface area contributed by atoms with Gasteiger partial charge < -0.3 is 14.8 Å². The number of hydrogen-bond acceptors (Lipinski definition) is 6. The standard InChI is InChI=1S/C25H30F2N8/c1-15-5-8-33(9-6-15)18-11-17(12-18)30-25-28-13-22-19(7-10-35(22)32-25)20-3-4-21-24(31-20)34(14-23(26)27)16(2)29-21/h3-4,7,10,13,15,17-18,23H,5-6,8-9,11-12,14H2,1-2H3,(H,30,32)/t17-,18+. The summed E-state index contributed by atoms with van der Waals surface area (Å²) in [6.45, 7) is 6.08. The summed E-state index contributed by atoms with van der Waals surface area (Å²) in [5, 5.41) is 8.13. The lowest BCUT2D eigenvalue weighted by molar-refractivity contribution is 0.0804. The summed E-state index contributed by atoms with van der Waals surface area (Å²) in [5.41, 5.74) is 3.41. The molecular weight excluding hydrogens is 450 g/mol. The number of piperidine rings is 1. The van der Waals surface area contributed by atoms with Crippen LogP contribution in [-0.4, -0.2) is 65.6 Å². The highest BCUT2D eigenvalue weighted by molar-refractivity contribution is 5.82. The van der Waals surface area contributed by atoms with Crippen LogP contribution in [-0.2, 0) is 6.54 Å². The van der Waals surface area contributed by atoms with Crippen LogP contribution >= 0.6 is 0 Å². The maximum Gasteiger partial charge on any atom is 0.256 e. The average molecular weight is 481 g/mol. The highest BCUT2D eigenvalue weighted by atomic mass is 19.3. The van der Waals surface area contributed by atoms with Crippen LogP contribution in [0, 0.1) is 12.8 Å². The van der Waals surface area contributed by atoms with Gasteiger partial charge >= 0.3 is 0 Å². The van der Waals surface area contributed by atoms with Crippen LogP contribution in [0.25, 0.3) is 27.9 Å². The highest BCUT2D eigenvalue weighted by Crippen LogP contribution is 2.31. The van der Waals surface area contributed by atoms with E-state index in [0.29, 0.717) is 40.7 Å². The van der Waals surface area contributed by atoms with E-state index >= 15 is 0 Å². The molecule has 10 heteroatoms. The van der Waals surface area contributed by atoms with Crippen LogP contribution in [0.5, 0.6) is 0 Å². The first-order valence-electron chi connectivity index (χ1n) is 12.4. The lowest BCUT2D eigenvalue weighted by atomic mass is 9.83. The van der Waals surface area contributed by atoms with Crippen LogP contribution in [0.3, 0.4) is 0 Å². The van der Waals surface area contributed by atoms with Gasteiger partial charge in [-0.1, -0.05) is 6.92 Å². The summed E-state index contributed by atoms with van der Waals surface area (Å²) in [7, 11) is 0. The Morgan fingerprint density at radius 3 is 2.69 bits per heavy atom. The quantitative estimate of drug-likeness (QED) is 0.441. The zero-order valence-corrected chi connectivity index (χ0v) is 20.0. The Morgan fingerprint density at radius 1 is 1.11 bits per heavy atom. The van der Waals surface area contributed by atoms with Gasteiger partial charge in [-0.3, -0.25) is 0 Å². The number of aromatic nitrogens is 6. The van der Waals surface area contributed by atoms with Gasteiger partial charge in [0.1, 0.15) is 11.3 Å². The molecule has 5 heterocycles. The number of rotatable bonds is 6. The number of halogens is 2. The molecule has 35 heavy (non-hydrogen) atoms. The summed E-state index contributed by atoms with van der Waals surface area (Å²) in [6, 6.07) is 6.68. The lowest BCUT2D eigenvalue weighted by Crippen LogP contribution is -2.52. The predicted molar refractivity (Wildman–Crippen MR) is 131 cm³/mol. The summed E-state index contributed by atoms with van der Waals surface area (Å²) >= 11 is 0. The first-order valence-corrected chi connectivity index (χ1v) is 12.4. The third kappa shape index (κ3) is 4.24. The second-order valence-electron chi connectivity index (χ2n) is 10.0. The van der Waals surface area contributed by atoms with Crippen LogP contribution in [0.1, 0.15) is 38.4 Å². The first-order chi connectivity index (χ1) is 16.9. The molecule has 0 unspecified atom stereocenters. The third-order valence-corrected chi connectivity index (χ3v) is 7.58. The van der Waals surface area contributed by atoms with Crippen LogP contribution < -0.4 is 5.32 Å². The number of nitrogens with one attached hydrogen (secondary N) is 1. The maximum atomic E-state index is 13.1. The van der Waals surface area contributed by atoms with Crippen molar-refractivity contribution >= 4 is 22.6 Å². The van der Waals surface area contributed by atoms with Crippen LogP contribution in [0.2, 0.25) is 0 Å². The normalized spacial score (nSPS) is 21.7. The maximum absolute atomic E-state index is 13.1. The van der Waals surface area contributed by atoms with Crippen molar-refractivity contribution in [2.45, 2.75) is 64.6 Å². The van der Waals surface area contributed by atoms with E-state index in [1.54, 1.807) is 17.6 Å². The van der Waals surface area contributed by atoms with Crippen molar-refractivity contribution in [2.75, 3.05) is 18.4 Å². The number of alkyl halides is 2. The molecule has 0 bridgehead atoms. The predicted octanol–water partition coefficient (Wildman–Crippen LogP) is 4.39. The molecule has 4 aromatic rings. The highest BCUT2D eigenvalue weighted by Gasteiger charge is 2.35. The van der Waals surface area contributed by atoms with Crippen molar-refractivity contribution in [2.24, 2.45) is 5.92 Å². The Kier molecular flexibility index (Phi) is 5.63. The number of pyridine rings is 1. The number of imidazole rings is 1. The molecule has 1 aliphatic carbocycles. The minimum absolute atomic E-state index is 0.397. The Hall–Kier alpha value is -3.14. The number of fused-ring (bicyclic) bond motifs is 2. The summed E-state index contributed by atoms with van der Waals surface area (Å²) in [6.07, 6.45) is 6.07. The molecule has 184 valence electrons. The topological polar surface area (TPSA) is 76.2 Å². The number of hydrogen-bond donors (Lipinski definition) is 1. The first kappa shape index (κ1) is 22.3. The van der Waals surface area contributed by atoms with Crippen LogP contribution in [0.4, 0.5) is 14.7 Å². The largest absolute Gasteiger partial charge is 0.350 e. The summed E-state index contributed by atoms with van der Waals surface area (Å²) < 4.78 is 29.4. The van der Waals surface area contributed by atoms with Gasteiger partial charge in [0, 0.05) is 23.8 Å². The molecule has 0 radical (unpaired) electrons. The van der Waals surface area contributed by atoms with Gasteiger partial charge in [-0.25, -0.2) is 28.2 Å². The fraction of sp³-hybridized carbons (Fsp3) is 0.520. The molecule has 2 fully saturated rings. The summed E-state index contributed by atoms with van der Waals surface area (Å²) in [4.78, 5) is 16.2. The second-order valence-corrected chi connectivity index (χ2v) is 10.0. The molecule has 1 saturated carbocycles. The molecule has 0 aromatic carbocycles. The Labute approximate surface area is 202 Å². The fourth-order valence-electron chi connectivity index (χ4n) is 5.38. The molecule has 0 amide bonds. The Bertz CT molecular complexity index is 1350. The fourth-order valence-corrected chi connectivity index (χ4v) is 5.38. The van der Waals surface area contributed by atoms with Gasteiger partial charge in [0.2, 0.25) is 5.95 Å². The van der Waals surface area contributed by atoms with Crippen molar-refractivity contribution in [1.82, 2.24) is 34.0 Å². The van der Waals surface area contributed by atoms with E-state index < -0.39 is 13.0 Å². The Morgan fingerprint density at radius 2 is 1.91 bits per heavy atom. The average Bonchev–Trinajstić information content (AvgIpc) is 3.36. The number of anilines is 1. The van der Waals surface area contributed by atoms with Crippen molar-refractivity contribution in [1.29, 1.82) is 0 Å². The molecule has 1 N–H and O–H groups in total. The molecule has 1 aliphatic heterocycles. The van der Waals surface area contributed by atoms with Crippen molar-refractivity contribution in [3.05, 3.63) is 36.4 Å². The van der Waals surface area contributed by atoms with Gasteiger partial charge in [0.25, 0.3) is 6.43 Å². The number of aryl methyl sites for hydroxylation is 1. The minimum atomic E-state index is -2.47. The van der Waals surface area contributed by atoms with Gasteiger partial charge in [-0.05, 0) is 69.8 Å². The number of likely N-dealkylation sites (tertiary alicyclic amines) is 1. The van der Waals surface area contributed by atoms with Crippen LogP contribution in [0.15, 0.2) is 30.6 Å². The van der Waals surface area contributed by atoms with E-state index in [1.165, 1.54) is 30.5 Å². The van der Waals surface area contributed by atoms with Crippen molar-refractivity contribution < 1.29 is 8.78 Å². The van der Waals surface area contributed by atoms with E-state index in [1.807, 2.05) is 24.4 Å². The molecule has 6 rings (SSSR count). The minimum Gasteiger partial charge on any atom is -0.350 e. The zero-order chi connectivity index (χ0) is 24.1. The molecule has 1 saturated heterocycles. The molecule has 4 aromatic heterocycles. The second kappa shape index (κ2) is 8.82. The third-order valence-electron chi connectivity index (χ3n) is 7.58.